The van der Waals surface area contributed by atoms with E-state index in [0.717, 1.165) is 39.4 Å². The second kappa shape index (κ2) is 24.7. The normalized spacial score (nSPS) is 15.0. The minimum atomic E-state index is -4.98. The molecule has 76 heavy (non-hydrogen) atoms. The molecule has 0 aromatic heterocycles. The van der Waals surface area contributed by atoms with Crippen molar-refractivity contribution < 1.29 is 79.4 Å². The van der Waals surface area contributed by atoms with Gasteiger partial charge in [0.25, 0.3) is 0 Å². The van der Waals surface area contributed by atoms with E-state index in [4.69, 9.17) is 13.9 Å². The summed E-state index contributed by atoms with van der Waals surface area (Å²) in [4.78, 5) is 50.6. The summed E-state index contributed by atoms with van der Waals surface area (Å²) >= 11 is 0. The zero-order valence-electron chi connectivity index (χ0n) is 42.2. The zero-order chi connectivity index (χ0) is 55.5. The lowest BCUT2D eigenvalue weighted by Gasteiger charge is -2.31. The molecule has 0 radical (unpaired) electrons. The number of allylic oxidation sites excluding steroid dienone is 3. The van der Waals surface area contributed by atoms with Crippen LogP contribution in [0.5, 0.6) is 11.5 Å². The highest BCUT2D eigenvalue weighted by Crippen LogP contribution is 2.51. The second-order valence-electron chi connectivity index (χ2n) is 18.1. The smallest absolute Gasteiger partial charge is 0.323 e. The summed E-state index contributed by atoms with van der Waals surface area (Å²) in [6, 6.07) is 22.7. The molecule has 3 aliphatic rings. The summed E-state index contributed by atoms with van der Waals surface area (Å²) < 4.78 is 93.4. The number of carboxylic acid groups (broad SMARTS) is 4. The van der Waals surface area contributed by atoms with E-state index in [1.807, 2.05) is 44.2 Å². The van der Waals surface area contributed by atoms with Crippen molar-refractivity contribution in [2.24, 2.45) is 0 Å². The van der Waals surface area contributed by atoms with Crippen LogP contribution < -0.4 is 34.1 Å². The minimum Gasteiger partial charge on any atom is -0.748 e. The molecule has 1 unspecified atom stereocenters. The average molecular weight is 1090 g/mol. The summed E-state index contributed by atoms with van der Waals surface area (Å²) in [5.41, 5.74) is 2.96. The van der Waals surface area contributed by atoms with Crippen molar-refractivity contribution in [2.45, 2.75) is 57.3 Å². The molecule has 0 amide bonds. The van der Waals surface area contributed by atoms with Crippen LogP contribution in [0.2, 0.25) is 0 Å². The number of rotatable bonds is 27. The van der Waals surface area contributed by atoms with Gasteiger partial charge in [0.2, 0.25) is 5.36 Å². The zero-order valence-corrected chi connectivity index (χ0v) is 43.8. The Morgan fingerprint density at radius 1 is 0.763 bits per heavy atom. The first kappa shape index (κ1) is 57.5. The molecule has 21 nitrogen and oxygen atoms in total. The van der Waals surface area contributed by atoms with Crippen molar-refractivity contribution in [2.75, 3.05) is 79.5 Å². The first-order chi connectivity index (χ1) is 35.9. The van der Waals surface area contributed by atoms with E-state index in [0.29, 0.717) is 34.0 Å². The standard InChI is InChI=1S/C53H60N4O17S2/c1-5-54(6-2)38-16-18-40-37(27-35(3)74-46(40)29-38)11-9-14-48-53(4,41-19-17-39(76(69,70)71)30-44(41)57(48)23-10-26-75(66,67)68)22-21-36-15-20-43(56(33-51(62)63)34-52(64)65)47(28-36)73-25-24-72-45-13-8-7-12-42(45)55(31-49(58)59)32-50(60)61/h7-9,11-20,27-30H,5-6,10,21-26,31-34H2,1-4H3,(H5-,58,59,60,61,62,63,64,65,66,67,68,69,70,71)/p-1. The van der Waals surface area contributed by atoms with Gasteiger partial charge in [-0.25, -0.2) is 21.4 Å². The van der Waals surface area contributed by atoms with Gasteiger partial charge in [-0.2, -0.15) is 0 Å². The number of fused-ring (bicyclic) bond motifs is 2. The van der Waals surface area contributed by atoms with Crippen molar-refractivity contribution in [3.63, 3.8) is 0 Å². The van der Waals surface area contributed by atoms with Crippen LogP contribution in [0.1, 0.15) is 56.1 Å². The van der Waals surface area contributed by atoms with E-state index in [-0.39, 0.29) is 61.9 Å². The molecule has 2 heterocycles. The fourth-order valence-electron chi connectivity index (χ4n) is 9.33. The molecule has 4 N–H and O–H groups in total. The second-order valence-corrected chi connectivity index (χ2v) is 21.0. The predicted molar refractivity (Wildman–Crippen MR) is 279 cm³/mol. The maximum absolute atomic E-state index is 12.4. The fourth-order valence-corrected chi connectivity index (χ4v) is 10.3. The summed E-state index contributed by atoms with van der Waals surface area (Å²) in [5, 5.41) is 39.5. The molecule has 0 saturated heterocycles. The number of hydrogen-bond acceptors (Lipinski definition) is 16. The number of ether oxygens (including phenoxy) is 2. The van der Waals surface area contributed by atoms with Gasteiger partial charge < -0.3 is 58.1 Å². The van der Waals surface area contributed by atoms with Crippen LogP contribution in [-0.2, 0) is 51.3 Å². The topological polar surface area (TPSA) is 308 Å². The van der Waals surface area contributed by atoms with E-state index in [2.05, 4.69) is 18.4 Å². The third-order valence-corrected chi connectivity index (χ3v) is 14.3. The summed E-state index contributed by atoms with van der Waals surface area (Å²) in [7, 11) is -9.64. The number of carboxylic acids is 4. The molecule has 0 fully saturated rings. The minimum absolute atomic E-state index is 0.0636. The summed E-state index contributed by atoms with van der Waals surface area (Å²) in [6.07, 6.45) is 5.82. The van der Waals surface area contributed by atoms with Crippen LogP contribution >= 0.6 is 0 Å². The highest BCUT2D eigenvalue weighted by Gasteiger charge is 2.43. The molecule has 3 aromatic carbocycles. The van der Waals surface area contributed by atoms with Crippen LogP contribution in [-0.4, -0.2) is 135 Å². The number of benzene rings is 4. The maximum atomic E-state index is 12.4. The lowest BCUT2D eigenvalue weighted by atomic mass is 9.76. The molecule has 0 saturated carbocycles. The van der Waals surface area contributed by atoms with Gasteiger partial charge in [0.1, 0.15) is 85.6 Å². The number of carbonyl (C=O) groups is 4. The van der Waals surface area contributed by atoms with Gasteiger partial charge in [0, 0.05) is 40.7 Å². The monoisotopic (exact) mass is 1090 g/mol. The fraction of sp³-hybridized carbons (Fsp3) is 0.340. The first-order valence-electron chi connectivity index (χ1n) is 24.1. The Bertz CT molecular complexity index is 3280. The highest BCUT2D eigenvalue weighted by molar-refractivity contribution is 7.86. The molecule has 2 aliphatic heterocycles. The van der Waals surface area contributed by atoms with Gasteiger partial charge in [0.15, 0.2) is 0 Å². The van der Waals surface area contributed by atoms with E-state index < -0.39 is 86.4 Å². The van der Waals surface area contributed by atoms with Crippen molar-refractivity contribution in [1.82, 2.24) is 4.58 Å². The average Bonchev–Trinajstić information content (AvgIpc) is 3.56. The largest absolute Gasteiger partial charge is 0.748 e. The number of para-hydroxylation sites is 2. The van der Waals surface area contributed by atoms with Crippen LogP contribution in [0.3, 0.4) is 0 Å². The van der Waals surface area contributed by atoms with Crippen molar-refractivity contribution in [1.29, 1.82) is 0 Å². The van der Waals surface area contributed by atoms with Crippen molar-refractivity contribution >= 4 is 67.3 Å². The molecule has 406 valence electrons. The van der Waals surface area contributed by atoms with E-state index in [1.54, 1.807) is 41.3 Å². The number of nitrogens with zero attached hydrogens (tertiary/aromatic N) is 4. The Morgan fingerprint density at radius 3 is 1.96 bits per heavy atom. The molecule has 1 atom stereocenters. The van der Waals surface area contributed by atoms with Gasteiger partial charge in [-0.1, -0.05) is 36.4 Å². The Morgan fingerprint density at radius 2 is 1.37 bits per heavy atom. The lowest BCUT2D eigenvalue weighted by molar-refractivity contribution is -0.138. The van der Waals surface area contributed by atoms with Gasteiger partial charge >= 0.3 is 23.9 Å². The Hall–Kier alpha value is -7.73. The Balaban J connectivity index is 1.40. The third kappa shape index (κ3) is 14.8. The van der Waals surface area contributed by atoms with Gasteiger partial charge in [-0.05, 0) is 118 Å². The number of anilines is 3. The molecule has 3 aromatic rings. The number of aliphatic carboxylic acids is 4. The summed E-state index contributed by atoms with van der Waals surface area (Å²) in [6.45, 7) is 6.21. The SMILES string of the molecule is CC[N+](CC)=c1ccc2c(/C=C/C=C3\N(CCCS(=O)(=O)[O-])c4cc(S(=O)(=O)[O-])ccc4C3(C)CCc3ccc(N(CC(=O)O)CC(=O)O)c(OCCOc4ccccc4N(CC(=O)O)CC(=O)O)c3)cc(C)oc-2c1. The Kier molecular flexibility index (Phi) is 18.7. The molecular weight excluding hydrogens is 1030 g/mol. The van der Waals surface area contributed by atoms with Gasteiger partial charge in [-0.15, -0.1) is 0 Å². The lowest BCUT2D eigenvalue weighted by Crippen LogP contribution is -2.35. The van der Waals surface area contributed by atoms with E-state index in [1.165, 1.54) is 36.4 Å². The van der Waals surface area contributed by atoms with Crippen molar-refractivity contribution in [3.05, 3.63) is 131 Å². The first-order valence-corrected chi connectivity index (χ1v) is 27.1. The molecular formula is C53H59N4O17S2-. The van der Waals surface area contributed by atoms with Gasteiger partial charge in [0.05, 0.1) is 32.5 Å². The van der Waals surface area contributed by atoms with Crippen LogP contribution in [0.15, 0.2) is 112 Å². The van der Waals surface area contributed by atoms with Crippen molar-refractivity contribution in [3.8, 4) is 22.8 Å². The number of aryl methyl sites for hydroxylation is 2. The van der Waals surface area contributed by atoms with Crippen LogP contribution in [0.4, 0.5) is 17.1 Å². The molecule has 1 aliphatic carbocycles. The maximum Gasteiger partial charge on any atom is 0.323 e. The molecule has 0 spiro atoms. The van der Waals surface area contributed by atoms with E-state index >= 15 is 0 Å². The summed E-state index contributed by atoms with van der Waals surface area (Å²) in [5.74, 6) is -4.45. The predicted octanol–water partition coefficient (Wildman–Crippen LogP) is 5.06. The quantitative estimate of drug-likeness (QED) is 0.0303. The van der Waals surface area contributed by atoms with Crippen LogP contribution in [0.25, 0.3) is 17.4 Å². The third-order valence-electron chi connectivity index (χ3n) is 12.7. The molecule has 23 heteroatoms. The Labute approximate surface area is 439 Å². The van der Waals surface area contributed by atoms with Gasteiger partial charge in [-0.3, -0.25) is 19.2 Å². The highest BCUT2D eigenvalue weighted by atomic mass is 32.2. The van der Waals surface area contributed by atoms with E-state index in [9.17, 15) is 65.5 Å². The molecule has 0 bridgehead atoms. The molecule has 6 rings (SSSR count). The number of hydrogen-bond donors (Lipinski definition) is 4. The van der Waals surface area contributed by atoms with Crippen LogP contribution in [0, 0.1) is 6.92 Å².